The van der Waals surface area contributed by atoms with Crippen LogP contribution in [-0.4, -0.2) is 33.2 Å². The minimum Gasteiger partial charge on any atom is -0.336 e. The van der Waals surface area contributed by atoms with Gasteiger partial charge in [0, 0.05) is 30.5 Å². The average molecular weight is 325 g/mol. The van der Waals surface area contributed by atoms with Gasteiger partial charge in [-0.1, -0.05) is 32.9 Å². The summed E-state index contributed by atoms with van der Waals surface area (Å²) in [6.45, 7) is 8.36. The van der Waals surface area contributed by atoms with Gasteiger partial charge in [-0.15, -0.1) is 0 Å². The summed E-state index contributed by atoms with van der Waals surface area (Å²) in [5.74, 6) is 0.174. The van der Waals surface area contributed by atoms with Crippen LogP contribution < -0.4 is 0 Å². The van der Waals surface area contributed by atoms with Gasteiger partial charge in [0.2, 0.25) is 0 Å². The molecule has 1 unspecified atom stereocenters. The van der Waals surface area contributed by atoms with E-state index in [9.17, 15) is 4.79 Å². The predicted octanol–water partition coefficient (Wildman–Crippen LogP) is 3.97. The standard InChI is InChI=1S/C20H27N3O/c1-20(2,3)14-18-6-4-13-23(18)19(24)17-9-7-16(8-10-17)15-22-12-5-11-21-22/h5,7-12,18H,4,6,13-15H2,1-3H3. The molecule has 2 aromatic rings. The molecule has 1 saturated heterocycles. The van der Waals surface area contributed by atoms with Crippen molar-refractivity contribution in [2.45, 2.75) is 52.6 Å². The van der Waals surface area contributed by atoms with Crippen LogP contribution in [0.4, 0.5) is 0 Å². The first kappa shape index (κ1) is 16.7. The number of carbonyl (C=O) groups is 1. The fourth-order valence-corrected chi connectivity index (χ4v) is 3.52. The Hall–Kier alpha value is -2.10. The summed E-state index contributed by atoms with van der Waals surface area (Å²) >= 11 is 0. The smallest absolute Gasteiger partial charge is 0.254 e. The van der Waals surface area contributed by atoms with Crippen molar-refractivity contribution in [3.05, 3.63) is 53.9 Å². The zero-order valence-electron chi connectivity index (χ0n) is 14.9. The Morgan fingerprint density at radius 3 is 2.62 bits per heavy atom. The van der Waals surface area contributed by atoms with Gasteiger partial charge in [-0.05, 0) is 48.4 Å². The number of hydrogen-bond acceptors (Lipinski definition) is 2. The summed E-state index contributed by atoms with van der Waals surface area (Å²) in [6, 6.07) is 10.3. The van der Waals surface area contributed by atoms with E-state index in [1.807, 2.05) is 41.2 Å². The van der Waals surface area contributed by atoms with Gasteiger partial charge in [0.25, 0.3) is 5.91 Å². The van der Waals surface area contributed by atoms with Crippen molar-refractivity contribution in [3.8, 4) is 0 Å². The van der Waals surface area contributed by atoms with Crippen molar-refractivity contribution in [1.82, 2.24) is 14.7 Å². The number of amides is 1. The van der Waals surface area contributed by atoms with Gasteiger partial charge < -0.3 is 4.90 Å². The second-order valence-corrected chi connectivity index (χ2v) is 7.96. The first-order chi connectivity index (χ1) is 11.4. The van der Waals surface area contributed by atoms with Crippen LogP contribution in [-0.2, 0) is 6.54 Å². The second kappa shape index (κ2) is 6.80. The highest BCUT2D eigenvalue weighted by Crippen LogP contribution is 2.30. The molecule has 1 atom stereocenters. The molecule has 24 heavy (non-hydrogen) atoms. The van der Waals surface area contributed by atoms with Crippen molar-refractivity contribution in [3.63, 3.8) is 0 Å². The Balaban J connectivity index is 1.68. The van der Waals surface area contributed by atoms with Gasteiger partial charge in [-0.3, -0.25) is 9.48 Å². The lowest BCUT2D eigenvalue weighted by Crippen LogP contribution is -2.37. The van der Waals surface area contributed by atoms with E-state index >= 15 is 0 Å². The maximum atomic E-state index is 12.9. The number of hydrogen-bond donors (Lipinski definition) is 0. The molecule has 128 valence electrons. The monoisotopic (exact) mass is 325 g/mol. The van der Waals surface area contributed by atoms with Crippen LogP contribution in [0.5, 0.6) is 0 Å². The van der Waals surface area contributed by atoms with E-state index < -0.39 is 0 Å². The summed E-state index contributed by atoms with van der Waals surface area (Å²) in [4.78, 5) is 15.0. The maximum Gasteiger partial charge on any atom is 0.254 e. The van der Waals surface area contributed by atoms with Crippen LogP contribution >= 0.6 is 0 Å². The zero-order valence-corrected chi connectivity index (χ0v) is 14.9. The first-order valence-corrected chi connectivity index (χ1v) is 8.80. The molecule has 2 heterocycles. The number of carbonyl (C=O) groups excluding carboxylic acids is 1. The van der Waals surface area contributed by atoms with Gasteiger partial charge in [0.1, 0.15) is 0 Å². The fourth-order valence-electron chi connectivity index (χ4n) is 3.52. The lowest BCUT2D eigenvalue weighted by molar-refractivity contribution is 0.0704. The van der Waals surface area contributed by atoms with Gasteiger partial charge in [0.05, 0.1) is 6.54 Å². The summed E-state index contributed by atoms with van der Waals surface area (Å²) in [5, 5.41) is 4.22. The van der Waals surface area contributed by atoms with E-state index in [0.717, 1.165) is 43.5 Å². The zero-order chi connectivity index (χ0) is 17.2. The Morgan fingerprint density at radius 1 is 1.25 bits per heavy atom. The van der Waals surface area contributed by atoms with Crippen molar-refractivity contribution in [2.75, 3.05) is 6.54 Å². The number of likely N-dealkylation sites (tertiary alicyclic amines) is 1. The van der Waals surface area contributed by atoms with Crippen molar-refractivity contribution in [1.29, 1.82) is 0 Å². The fraction of sp³-hybridized carbons (Fsp3) is 0.500. The van der Waals surface area contributed by atoms with Crippen molar-refractivity contribution in [2.24, 2.45) is 5.41 Å². The van der Waals surface area contributed by atoms with Gasteiger partial charge in [0.15, 0.2) is 0 Å². The molecule has 0 saturated carbocycles. The topological polar surface area (TPSA) is 38.1 Å². The van der Waals surface area contributed by atoms with Gasteiger partial charge in [-0.25, -0.2) is 0 Å². The third kappa shape index (κ3) is 4.05. The summed E-state index contributed by atoms with van der Waals surface area (Å²) < 4.78 is 1.89. The highest BCUT2D eigenvalue weighted by Gasteiger charge is 2.32. The molecular weight excluding hydrogens is 298 g/mol. The van der Waals surface area contributed by atoms with E-state index in [1.54, 1.807) is 6.20 Å². The largest absolute Gasteiger partial charge is 0.336 e. The van der Waals surface area contributed by atoms with E-state index in [4.69, 9.17) is 0 Å². The number of nitrogens with zero attached hydrogens (tertiary/aromatic N) is 3. The molecule has 1 aliphatic heterocycles. The molecule has 1 fully saturated rings. The van der Waals surface area contributed by atoms with Gasteiger partial charge in [-0.2, -0.15) is 5.10 Å². The van der Waals surface area contributed by atoms with Crippen molar-refractivity contribution >= 4 is 5.91 Å². The Labute approximate surface area is 144 Å². The summed E-state index contributed by atoms with van der Waals surface area (Å²) in [6.07, 6.45) is 7.03. The molecule has 1 aromatic carbocycles. The molecule has 1 aromatic heterocycles. The SMILES string of the molecule is CC(C)(C)CC1CCCN1C(=O)c1ccc(Cn2cccn2)cc1. The molecule has 4 heteroatoms. The molecule has 3 rings (SSSR count). The van der Waals surface area contributed by atoms with E-state index in [1.165, 1.54) is 0 Å². The quantitative estimate of drug-likeness (QED) is 0.853. The van der Waals surface area contributed by atoms with Crippen LogP contribution in [0.1, 0.15) is 56.0 Å². The maximum absolute atomic E-state index is 12.9. The Bertz CT molecular complexity index is 668. The second-order valence-electron chi connectivity index (χ2n) is 7.96. The highest BCUT2D eigenvalue weighted by atomic mass is 16.2. The van der Waals surface area contributed by atoms with Crippen LogP contribution in [0.25, 0.3) is 0 Å². The van der Waals surface area contributed by atoms with Crippen LogP contribution in [0.2, 0.25) is 0 Å². The number of benzene rings is 1. The van der Waals surface area contributed by atoms with Crippen LogP contribution in [0, 0.1) is 5.41 Å². The van der Waals surface area contributed by atoms with E-state index in [2.05, 4.69) is 30.8 Å². The molecule has 0 spiro atoms. The molecule has 0 aliphatic carbocycles. The molecule has 0 radical (unpaired) electrons. The third-order valence-electron chi connectivity index (χ3n) is 4.59. The van der Waals surface area contributed by atoms with Crippen LogP contribution in [0.3, 0.4) is 0 Å². The molecule has 4 nitrogen and oxygen atoms in total. The molecule has 1 aliphatic rings. The van der Waals surface area contributed by atoms with E-state index in [-0.39, 0.29) is 11.3 Å². The lowest BCUT2D eigenvalue weighted by atomic mass is 9.87. The number of rotatable bonds is 4. The minimum atomic E-state index is 0.174. The lowest BCUT2D eigenvalue weighted by Gasteiger charge is -2.30. The Kier molecular flexibility index (Phi) is 4.74. The van der Waals surface area contributed by atoms with E-state index in [0.29, 0.717) is 6.04 Å². The molecule has 0 N–H and O–H groups in total. The van der Waals surface area contributed by atoms with Gasteiger partial charge >= 0.3 is 0 Å². The summed E-state index contributed by atoms with van der Waals surface area (Å²) in [7, 11) is 0. The normalized spacial score (nSPS) is 18.1. The molecule has 0 bridgehead atoms. The van der Waals surface area contributed by atoms with Crippen molar-refractivity contribution < 1.29 is 4.79 Å². The molecular formula is C20H27N3O. The number of aromatic nitrogens is 2. The highest BCUT2D eigenvalue weighted by molar-refractivity contribution is 5.94. The predicted molar refractivity (Wildman–Crippen MR) is 95.9 cm³/mol. The average Bonchev–Trinajstić information content (AvgIpc) is 3.17. The third-order valence-corrected chi connectivity index (χ3v) is 4.59. The summed E-state index contributed by atoms with van der Waals surface area (Å²) in [5.41, 5.74) is 2.20. The first-order valence-electron chi connectivity index (χ1n) is 8.80. The Morgan fingerprint density at radius 2 is 2.00 bits per heavy atom. The van der Waals surface area contributed by atoms with Crippen LogP contribution in [0.15, 0.2) is 42.7 Å². The molecule has 1 amide bonds. The minimum absolute atomic E-state index is 0.174.